The maximum absolute atomic E-state index is 11.9. The van der Waals surface area contributed by atoms with Crippen molar-refractivity contribution in [2.45, 2.75) is 11.9 Å². The first-order valence-electron chi connectivity index (χ1n) is 4.47. The third-order valence-electron chi connectivity index (χ3n) is 1.80. The molecule has 1 aromatic carbocycles. The Morgan fingerprint density at radius 1 is 1.24 bits per heavy atom. The van der Waals surface area contributed by atoms with Gasteiger partial charge in [-0.15, -0.1) is 0 Å². The number of benzene rings is 1. The van der Waals surface area contributed by atoms with Gasteiger partial charge in [-0.05, 0) is 11.6 Å². The van der Waals surface area contributed by atoms with Gasteiger partial charge in [0.05, 0.1) is 5.75 Å². The Morgan fingerprint density at radius 2 is 1.82 bits per heavy atom. The normalized spacial score (nSPS) is 12.7. The molecule has 0 atom stereocenters. The van der Waals surface area contributed by atoms with E-state index in [-0.39, 0.29) is 10.6 Å². The van der Waals surface area contributed by atoms with Gasteiger partial charge in [-0.1, -0.05) is 29.8 Å². The van der Waals surface area contributed by atoms with Crippen LogP contribution in [0.5, 0.6) is 0 Å². The minimum Gasteiger partial charge on any atom is -0.212 e. The summed E-state index contributed by atoms with van der Waals surface area (Å²) in [6, 6.07) is 6.06. The van der Waals surface area contributed by atoms with Crippen LogP contribution in [0, 0.1) is 0 Å². The molecular weight excluding hydrogens is 279 g/mol. The van der Waals surface area contributed by atoms with Crippen molar-refractivity contribution in [3.05, 3.63) is 34.9 Å². The fourth-order valence-electron chi connectivity index (χ4n) is 1.06. The van der Waals surface area contributed by atoms with E-state index in [1.807, 2.05) is 0 Å². The Hall–Kier alpha value is -0.790. The van der Waals surface area contributed by atoms with Crippen LogP contribution < -0.4 is 4.72 Å². The van der Waals surface area contributed by atoms with Crippen LogP contribution in [-0.2, 0) is 15.8 Å². The maximum Gasteiger partial charge on any atom is 0.402 e. The van der Waals surface area contributed by atoms with Crippen molar-refractivity contribution in [3.8, 4) is 0 Å². The third-order valence-corrected chi connectivity index (χ3v) is 3.44. The Bertz CT molecular complexity index is 487. The average Bonchev–Trinajstić information content (AvgIpc) is 2.18. The van der Waals surface area contributed by atoms with E-state index in [2.05, 4.69) is 0 Å². The summed E-state index contributed by atoms with van der Waals surface area (Å²) in [5.41, 5.74) is 0.254. The van der Waals surface area contributed by atoms with E-state index >= 15 is 0 Å². The number of nitrogens with one attached hydrogen (secondary N) is 1. The predicted octanol–water partition coefficient (Wildman–Crippen LogP) is 2.32. The first-order chi connectivity index (χ1) is 7.70. The molecule has 0 amide bonds. The van der Waals surface area contributed by atoms with Crippen LogP contribution in [0.4, 0.5) is 13.2 Å². The molecule has 0 fully saturated rings. The minimum absolute atomic E-state index is 0.199. The average molecular weight is 288 g/mol. The Morgan fingerprint density at radius 3 is 2.35 bits per heavy atom. The molecule has 3 nitrogen and oxygen atoms in total. The standard InChI is InChI=1S/C9H9ClF3NO2S/c10-8-4-2-1-3-7(8)5-17(15,16)14-6-9(11,12)13/h1-4,14H,5-6H2. The quantitative estimate of drug-likeness (QED) is 0.924. The summed E-state index contributed by atoms with van der Waals surface area (Å²) < 4.78 is 59.7. The predicted molar refractivity (Wildman–Crippen MR) is 58.1 cm³/mol. The number of sulfonamides is 1. The van der Waals surface area contributed by atoms with Crippen molar-refractivity contribution in [2.75, 3.05) is 6.54 Å². The van der Waals surface area contributed by atoms with Gasteiger partial charge in [0, 0.05) is 5.02 Å². The largest absolute Gasteiger partial charge is 0.402 e. The second-order valence-corrected chi connectivity index (χ2v) is 5.50. The highest BCUT2D eigenvalue weighted by molar-refractivity contribution is 7.88. The summed E-state index contributed by atoms with van der Waals surface area (Å²) in [5.74, 6) is -0.581. The molecule has 0 unspecified atom stereocenters. The van der Waals surface area contributed by atoms with Crippen LogP contribution >= 0.6 is 11.6 Å². The summed E-state index contributed by atoms with van der Waals surface area (Å²) in [6.07, 6.45) is -4.58. The molecule has 0 aliphatic rings. The molecule has 0 saturated carbocycles. The lowest BCUT2D eigenvalue weighted by atomic mass is 10.2. The first kappa shape index (κ1) is 14.3. The van der Waals surface area contributed by atoms with Gasteiger partial charge in [0.25, 0.3) is 0 Å². The lowest BCUT2D eigenvalue weighted by Gasteiger charge is -2.09. The zero-order chi connectivity index (χ0) is 13.1. The topological polar surface area (TPSA) is 46.2 Å². The summed E-state index contributed by atoms with van der Waals surface area (Å²) >= 11 is 5.71. The van der Waals surface area contributed by atoms with Gasteiger partial charge >= 0.3 is 6.18 Å². The number of hydrogen-bond donors (Lipinski definition) is 1. The van der Waals surface area contributed by atoms with Gasteiger partial charge in [-0.3, -0.25) is 0 Å². The van der Waals surface area contributed by atoms with Crippen molar-refractivity contribution in [3.63, 3.8) is 0 Å². The number of rotatable bonds is 4. The van der Waals surface area contributed by atoms with Gasteiger partial charge < -0.3 is 0 Å². The Kier molecular flexibility index (Phi) is 4.40. The number of alkyl halides is 3. The molecule has 0 radical (unpaired) electrons. The van der Waals surface area contributed by atoms with Crippen molar-refractivity contribution < 1.29 is 21.6 Å². The van der Waals surface area contributed by atoms with Crippen molar-refractivity contribution in [1.82, 2.24) is 4.72 Å². The van der Waals surface area contributed by atoms with Gasteiger partial charge in [0.15, 0.2) is 0 Å². The molecule has 0 heterocycles. The van der Waals surface area contributed by atoms with Crippen molar-refractivity contribution in [1.29, 1.82) is 0 Å². The van der Waals surface area contributed by atoms with E-state index in [1.165, 1.54) is 16.9 Å². The molecule has 0 bridgehead atoms. The summed E-state index contributed by atoms with van der Waals surface area (Å²) in [4.78, 5) is 0. The zero-order valence-electron chi connectivity index (χ0n) is 8.46. The second kappa shape index (κ2) is 5.24. The second-order valence-electron chi connectivity index (χ2n) is 3.29. The van der Waals surface area contributed by atoms with E-state index < -0.39 is 28.5 Å². The van der Waals surface area contributed by atoms with Crippen LogP contribution in [0.1, 0.15) is 5.56 Å². The van der Waals surface area contributed by atoms with Crippen molar-refractivity contribution >= 4 is 21.6 Å². The molecule has 0 saturated heterocycles. The fraction of sp³-hybridized carbons (Fsp3) is 0.333. The molecule has 0 aromatic heterocycles. The van der Waals surface area contributed by atoms with Gasteiger partial charge in [0.2, 0.25) is 10.0 Å². The lowest BCUT2D eigenvalue weighted by molar-refractivity contribution is -0.121. The highest BCUT2D eigenvalue weighted by Gasteiger charge is 2.29. The highest BCUT2D eigenvalue weighted by atomic mass is 35.5. The smallest absolute Gasteiger partial charge is 0.212 e. The summed E-state index contributed by atoms with van der Waals surface area (Å²) in [7, 11) is -4.04. The fourth-order valence-corrected chi connectivity index (χ4v) is 2.49. The van der Waals surface area contributed by atoms with Crippen LogP contribution in [0.2, 0.25) is 5.02 Å². The molecule has 96 valence electrons. The molecule has 1 aromatic rings. The van der Waals surface area contributed by atoms with Crippen LogP contribution in [-0.4, -0.2) is 21.1 Å². The van der Waals surface area contributed by atoms with Gasteiger partial charge in [-0.2, -0.15) is 13.2 Å². The van der Waals surface area contributed by atoms with Gasteiger partial charge in [0.1, 0.15) is 6.54 Å². The van der Waals surface area contributed by atoms with E-state index in [4.69, 9.17) is 11.6 Å². The van der Waals surface area contributed by atoms with E-state index in [9.17, 15) is 21.6 Å². The van der Waals surface area contributed by atoms with E-state index in [0.29, 0.717) is 0 Å². The molecule has 1 rings (SSSR count). The molecule has 8 heteroatoms. The molecule has 0 aliphatic heterocycles. The van der Waals surface area contributed by atoms with E-state index in [0.717, 1.165) is 0 Å². The maximum atomic E-state index is 11.9. The number of hydrogen-bond acceptors (Lipinski definition) is 2. The SMILES string of the molecule is O=S(=O)(Cc1ccccc1Cl)NCC(F)(F)F. The van der Waals surface area contributed by atoms with E-state index in [1.54, 1.807) is 12.1 Å². The Labute approximate surface area is 102 Å². The molecular formula is C9H9ClF3NO2S. The minimum atomic E-state index is -4.58. The summed E-state index contributed by atoms with van der Waals surface area (Å²) in [5, 5.41) is 0.199. The number of halogens is 4. The zero-order valence-corrected chi connectivity index (χ0v) is 10.0. The molecule has 1 N–H and O–H groups in total. The highest BCUT2D eigenvalue weighted by Crippen LogP contribution is 2.18. The Balaban J connectivity index is 2.71. The monoisotopic (exact) mass is 287 g/mol. The molecule has 17 heavy (non-hydrogen) atoms. The molecule has 0 aliphatic carbocycles. The van der Waals surface area contributed by atoms with Gasteiger partial charge in [-0.25, -0.2) is 13.1 Å². The van der Waals surface area contributed by atoms with Crippen LogP contribution in [0.15, 0.2) is 24.3 Å². The molecule has 0 spiro atoms. The third kappa shape index (κ3) is 5.38. The van der Waals surface area contributed by atoms with Crippen molar-refractivity contribution in [2.24, 2.45) is 0 Å². The first-order valence-corrected chi connectivity index (χ1v) is 6.50. The summed E-state index contributed by atoms with van der Waals surface area (Å²) in [6.45, 7) is -1.58. The lowest BCUT2D eigenvalue weighted by Crippen LogP contribution is -2.34. The van der Waals surface area contributed by atoms with Crippen LogP contribution in [0.25, 0.3) is 0 Å². The van der Waals surface area contributed by atoms with Crippen LogP contribution in [0.3, 0.4) is 0 Å².